The maximum atomic E-state index is 12.2. The zero-order valence-electron chi connectivity index (χ0n) is 13.4. The first-order chi connectivity index (χ1) is 11.6. The Morgan fingerprint density at radius 3 is 2.50 bits per heavy atom. The molecule has 2 amide bonds. The molecule has 24 heavy (non-hydrogen) atoms. The van der Waals surface area contributed by atoms with Crippen LogP contribution in [0.1, 0.15) is 29.8 Å². The minimum absolute atomic E-state index is 0.0409. The van der Waals surface area contributed by atoms with Crippen LogP contribution in [0.25, 0.3) is 5.69 Å². The van der Waals surface area contributed by atoms with Gasteiger partial charge in [-0.2, -0.15) is 0 Å². The van der Waals surface area contributed by atoms with Gasteiger partial charge < -0.3 is 16.0 Å². The van der Waals surface area contributed by atoms with Gasteiger partial charge in [0.25, 0.3) is 11.8 Å². The number of nitrogens with one attached hydrogen (secondary N) is 2. The molecule has 0 aliphatic carbocycles. The molecule has 0 saturated carbocycles. The van der Waals surface area contributed by atoms with E-state index in [2.05, 4.69) is 15.5 Å². The number of amides is 2. The predicted molar refractivity (Wildman–Crippen MR) is 87.9 cm³/mol. The number of carbonyl (C=O) groups excluding carboxylic acids is 2. The van der Waals surface area contributed by atoms with Crippen molar-refractivity contribution in [3.63, 3.8) is 0 Å². The highest BCUT2D eigenvalue weighted by Crippen LogP contribution is 2.12. The van der Waals surface area contributed by atoms with Crippen molar-refractivity contribution in [1.29, 1.82) is 0 Å². The van der Waals surface area contributed by atoms with Gasteiger partial charge >= 0.3 is 0 Å². The van der Waals surface area contributed by atoms with Gasteiger partial charge in [-0.1, -0.05) is 18.2 Å². The van der Waals surface area contributed by atoms with Gasteiger partial charge in [-0.25, -0.2) is 0 Å². The fourth-order valence-corrected chi connectivity index (χ4v) is 2.87. The molecule has 0 atom stereocenters. The van der Waals surface area contributed by atoms with Crippen LogP contribution in [0.4, 0.5) is 5.82 Å². The van der Waals surface area contributed by atoms with Crippen molar-refractivity contribution < 1.29 is 14.5 Å². The summed E-state index contributed by atoms with van der Waals surface area (Å²) >= 11 is 0. The lowest BCUT2D eigenvalue weighted by molar-refractivity contribution is -0.896. The fourth-order valence-electron chi connectivity index (χ4n) is 2.87. The van der Waals surface area contributed by atoms with Crippen LogP contribution in [0.2, 0.25) is 0 Å². The first-order valence-corrected chi connectivity index (χ1v) is 8.09. The molecule has 2 heterocycles. The summed E-state index contributed by atoms with van der Waals surface area (Å²) in [5.74, 6) is -0.805. The van der Waals surface area contributed by atoms with E-state index in [1.54, 1.807) is 12.1 Å². The van der Waals surface area contributed by atoms with Gasteiger partial charge in [0.05, 0.1) is 18.8 Å². The number of rotatable bonds is 5. The Morgan fingerprint density at radius 2 is 1.83 bits per heavy atom. The predicted octanol–water partition coefficient (Wildman–Crippen LogP) is -0.626. The van der Waals surface area contributed by atoms with Gasteiger partial charge in [-0.05, 0) is 31.4 Å². The van der Waals surface area contributed by atoms with E-state index in [4.69, 9.17) is 5.73 Å². The van der Waals surface area contributed by atoms with Crippen molar-refractivity contribution >= 4 is 17.6 Å². The molecule has 1 aromatic heterocycles. The smallest absolute Gasteiger partial charge is 0.280 e. The third kappa shape index (κ3) is 3.77. The summed E-state index contributed by atoms with van der Waals surface area (Å²) in [5, 5.41) is 11.0. The van der Waals surface area contributed by atoms with Crippen molar-refractivity contribution in [2.24, 2.45) is 5.73 Å². The number of anilines is 1. The van der Waals surface area contributed by atoms with Crippen LogP contribution in [0.3, 0.4) is 0 Å². The number of hydrogen-bond acceptors (Lipinski definition) is 4. The second-order valence-electron chi connectivity index (χ2n) is 5.92. The van der Waals surface area contributed by atoms with E-state index in [9.17, 15) is 9.59 Å². The second-order valence-corrected chi connectivity index (χ2v) is 5.92. The highest BCUT2D eigenvalue weighted by atomic mass is 16.2. The Hall–Kier alpha value is -2.74. The molecule has 1 aliphatic heterocycles. The molecule has 3 rings (SSSR count). The second kappa shape index (κ2) is 7.22. The van der Waals surface area contributed by atoms with E-state index in [1.807, 2.05) is 18.2 Å². The van der Waals surface area contributed by atoms with Gasteiger partial charge in [-0.3, -0.25) is 9.59 Å². The molecule has 0 radical (unpaired) electrons. The molecule has 0 bridgehead atoms. The van der Waals surface area contributed by atoms with Crippen LogP contribution in [-0.4, -0.2) is 46.4 Å². The van der Waals surface area contributed by atoms with Crippen molar-refractivity contribution in [3.8, 4) is 5.69 Å². The highest BCUT2D eigenvalue weighted by molar-refractivity contribution is 6.00. The highest BCUT2D eigenvalue weighted by Gasteiger charge is 2.22. The Balaban J connectivity index is 1.75. The number of benzene rings is 1. The molecule has 126 valence electrons. The summed E-state index contributed by atoms with van der Waals surface area (Å²) in [4.78, 5) is 26.4. The summed E-state index contributed by atoms with van der Waals surface area (Å²) in [7, 11) is 0. The maximum absolute atomic E-state index is 12.2. The van der Waals surface area contributed by atoms with E-state index >= 15 is 0 Å². The summed E-state index contributed by atoms with van der Waals surface area (Å²) in [5.41, 5.74) is 6.00. The van der Waals surface area contributed by atoms with Gasteiger partial charge in [-0.15, -0.1) is 15.0 Å². The molecule has 4 N–H and O–H groups in total. The molecule has 8 nitrogen and oxygen atoms in total. The summed E-state index contributed by atoms with van der Waals surface area (Å²) in [6, 6.07) is 9.13. The number of carbonyl (C=O) groups is 2. The molecule has 8 heteroatoms. The first-order valence-electron chi connectivity index (χ1n) is 8.09. The van der Waals surface area contributed by atoms with E-state index in [-0.39, 0.29) is 17.4 Å². The molecule has 1 fully saturated rings. The Morgan fingerprint density at radius 1 is 1.12 bits per heavy atom. The van der Waals surface area contributed by atoms with E-state index < -0.39 is 5.91 Å². The van der Waals surface area contributed by atoms with Crippen LogP contribution in [0.15, 0.2) is 30.3 Å². The third-order valence-electron chi connectivity index (χ3n) is 4.06. The van der Waals surface area contributed by atoms with E-state index in [1.165, 1.54) is 16.1 Å². The number of hydrogen-bond donors (Lipinski definition) is 3. The SMILES string of the molecule is NC(=O)c1nn(-c2ccccc2)nc1NC(=O)C[NH+]1CCCCC1. The fraction of sp³-hybridized carbons (Fsp3) is 0.375. The van der Waals surface area contributed by atoms with Gasteiger partial charge in [0, 0.05) is 0 Å². The lowest BCUT2D eigenvalue weighted by atomic mass is 10.1. The minimum atomic E-state index is -0.724. The number of piperidine rings is 1. The van der Waals surface area contributed by atoms with Gasteiger partial charge in [0.2, 0.25) is 0 Å². The number of aromatic nitrogens is 3. The number of quaternary nitrogens is 1. The number of primary amides is 1. The van der Waals surface area contributed by atoms with Gasteiger partial charge in [0.1, 0.15) is 0 Å². The van der Waals surface area contributed by atoms with Crippen molar-refractivity contribution in [3.05, 3.63) is 36.0 Å². The van der Waals surface area contributed by atoms with Crippen molar-refractivity contribution in [2.75, 3.05) is 25.0 Å². The van der Waals surface area contributed by atoms with Crippen LogP contribution >= 0.6 is 0 Å². The maximum Gasteiger partial charge on any atom is 0.280 e. The van der Waals surface area contributed by atoms with Crippen LogP contribution < -0.4 is 16.0 Å². The summed E-state index contributed by atoms with van der Waals surface area (Å²) < 4.78 is 0. The molecular formula is C16H21N6O2+. The quantitative estimate of drug-likeness (QED) is 0.679. The van der Waals surface area contributed by atoms with Crippen molar-refractivity contribution in [2.45, 2.75) is 19.3 Å². The van der Waals surface area contributed by atoms with Crippen LogP contribution in [0.5, 0.6) is 0 Å². The molecule has 1 saturated heterocycles. The molecule has 0 spiro atoms. The topological polar surface area (TPSA) is 107 Å². The molecule has 0 unspecified atom stereocenters. The van der Waals surface area contributed by atoms with Crippen LogP contribution in [-0.2, 0) is 4.79 Å². The Labute approximate surface area is 139 Å². The number of likely N-dealkylation sites (tertiary alicyclic amines) is 1. The zero-order valence-corrected chi connectivity index (χ0v) is 13.4. The lowest BCUT2D eigenvalue weighted by Crippen LogP contribution is -3.13. The average Bonchev–Trinajstić information content (AvgIpc) is 3.00. The first kappa shape index (κ1) is 16.1. The van der Waals surface area contributed by atoms with E-state index in [0.717, 1.165) is 25.9 Å². The Kier molecular flexibility index (Phi) is 4.85. The van der Waals surface area contributed by atoms with Gasteiger partial charge in [0.15, 0.2) is 18.1 Å². The normalized spacial score (nSPS) is 15.2. The Bertz CT molecular complexity index is 721. The molecule has 1 aromatic carbocycles. The average molecular weight is 329 g/mol. The standard InChI is InChI=1S/C16H20N6O2/c17-15(24)14-16(18-13(23)11-21-9-5-2-6-10-21)20-22(19-14)12-7-3-1-4-8-12/h1,3-4,7-8H,2,5-6,9-11H2,(H2,17,24)(H,18,20,23)/p+1. The third-order valence-corrected chi connectivity index (χ3v) is 4.06. The summed E-state index contributed by atoms with van der Waals surface area (Å²) in [6.45, 7) is 2.34. The monoisotopic (exact) mass is 329 g/mol. The van der Waals surface area contributed by atoms with Crippen molar-refractivity contribution in [1.82, 2.24) is 15.0 Å². The number of nitrogens with zero attached hydrogens (tertiary/aromatic N) is 3. The molecule has 2 aromatic rings. The van der Waals surface area contributed by atoms with E-state index in [0.29, 0.717) is 12.2 Å². The van der Waals surface area contributed by atoms with Crippen LogP contribution in [0, 0.1) is 0 Å². The molecule has 1 aliphatic rings. The zero-order chi connectivity index (χ0) is 16.9. The minimum Gasteiger partial charge on any atom is -0.364 e. The molecular weight excluding hydrogens is 308 g/mol. The number of para-hydroxylation sites is 1. The summed E-state index contributed by atoms with van der Waals surface area (Å²) in [6.07, 6.45) is 3.50. The number of nitrogens with two attached hydrogens (primary N) is 1. The lowest BCUT2D eigenvalue weighted by Gasteiger charge is -2.22. The largest absolute Gasteiger partial charge is 0.364 e.